The average molecular weight is 670 g/mol. The zero-order chi connectivity index (χ0) is 34.8. The van der Waals surface area contributed by atoms with Crippen LogP contribution in [-0.2, 0) is 20.6 Å². The molecule has 0 spiro atoms. The smallest absolute Gasteiger partial charge is 0.424 e. The number of nitrogens with two attached hydrogens (primary N) is 1. The van der Waals surface area contributed by atoms with Gasteiger partial charge in [0, 0.05) is 27.8 Å². The Morgan fingerprint density at radius 1 is 1.04 bits per heavy atom. The van der Waals surface area contributed by atoms with Crippen molar-refractivity contribution in [2.24, 2.45) is 5.73 Å². The van der Waals surface area contributed by atoms with E-state index in [4.69, 9.17) is 10.5 Å². The van der Waals surface area contributed by atoms with Gasteiger partial charge in [-0.3, -0.25) is 19.4 Å². The molecule has 5 N–H and O–H groups in total. The number of alkyl halides is 4. The number of anilines is 1. The molecule has 0 radical (unpaired) electrons. The van der Waals surface area contributed by atoms with Crippen molar-refractivity contribution in [3.8, 4) is 17.0 Å². The Hall–Kier alpha value is -5.18. The maximum absolute atomic E-state index is 14.8. The molecule has 3 heterocycles. The van der Waals surface area contributed by atoms with Crippen molar-refractivity contribution >= 4 is 34.3 Å². The van der Waals surface area contributed by atoms with Gasteiger partial charge in [0.1, 0.15) is 29.3 Å². The van der Waals surface area contributed by atoms with Gasteiger partial charge < -0.3 is 26.2 Å². The van der Waals surface area contributed by atoms with Crippen LogP contribution < -0.4 is 21.1 Å². The summed E-state index contributed by atoms with van der Waals surface area (Å²) in [5, 5.41) is 16.2. The molecule has 2 aliphatic rings. The summed E-state index contributed by atoms with van der Waals surface area (Å²) in [5.41, 5.74) is -2.57. The first-order valence-electron chi connectivity index (χ1n) is 14.7. The van der Waals surface area contributed by atoms with Gasteiger partial charge in [0.25, 0.3) is 11.8 Å². The highest BCUT2D eigenvalue weighted by molar-refractivity contribution is 6.08. The number of rotatable bonds is 8. The predicted octanol–water partition coefficient (Wildman–Crippen LogP) is 4.50. The Bertz CT molecular complexity index is 2000. The summed E-state index contributed by atoms with van der Waals surface area (Å²) in [4.78, 5) is 46.8. The highest BCUT2D eigenvalue weighted by Gasteiger charge is 2.58. The van der Waals surface area contributed by atoms with E-state index in [0.717, 1.165) is 24.3 Å². The highest BCUT2D eigenvalue weighted by Crippen LogP contribution is 2.48. The molecule has 48 heavy (non-hydrogen) atoms. The average Bonchev–Trinajstić information content (AvgIpc) is 3.70. The van der Waals surface area contributed by atoms with Gasteiger partial charge >= 0.3 is 6.18 Å². The lowest BCUT2D eigenvalue weighted by atomic mass is 9.81. The SMILES string of the molecule is Cc1ccc2cc(C(=O)NCC(O)(c3cc4c(c(-c5ccc(F)cc5)n3)OC[C@]4(C)C(N)=O)C(F)(F)F)cc(NC(=O)C3(F)CC3)c2n1. The maximum Gasteiger partial charge on any atom is 0.424 e. The van der Waals surface area contributed by atoms with Crippen LogP contribution in [0.1, 0.15) is 47.1 Å². The Morgan fingerprint density at radius 2 is 1.73 bits per heavy atom. The number of halogens is 5. The molecule has 4 aromatic rings. The summed E-state index contributed by atoms with van der Waals surface area (Å²) in [7, 11) is 0. The number of benzene rings is 2. The largest absolute Gasteiger partial charge is 0.489 e. The molecule has 250 valence electrons. The van der Waals surface area contributed by atoms with Crippen LogP contribution >= 0.6 is 0 Å². The van der Waals surface area contributed by atoms with Crippen LogP contribution in [0.25, 0.3) is 22.2 Å². The third-order valence-electron chi connectivity index (χ3n) is 8.67. The van der Waals surface area contributed by atoms with Crippen LogP contribution in [0.4, 0.5) is 27.6 Å². The molecule has 1 unspecified atom stereocenters. The molecule has 2 aromatic heterocycles. The Balaban J connectivity index is 1.39. The van der Waals surface area contributed by atoms with Crippen molar-refractivity contribution in [2.75, 3.05) is 18.5 Å². The van der Waals surface area contributed by atoms with Crippen molar-refractivity contribution in [3.63, 3.8) is 0 Å². The second kappa shape index (κ2) is 11.2. The number of amides is 3. The first kappa shape index (κ1) is 32.7. The van der Waals surface area contributed by atoms with E-state index in [1.54, 1.807) is 19.1 Å². The lowest BCUT2D eigenvalue weighted by Gasteiger charge is -2.31. The fraction of sp³-hybridized carbons (Fsp3) is 0.303. The number of nitrogens with one attached hydrogen (secondary N) is 2. The Kier molecular flexibility index (Phi) is 7.65. The fourth-order valence-corrected chi connectivity index (χ4v) is 5.38. The molecule has 15 heteroatoms. The summed E-state index contributed by atoms with van der Waals surface area (Å²) < 4.78 is 78.2. The van der Waals surface area contributed by atoms with E-state index in [9.17, 15) is 41.4 Å². The van der Waals surface area contributed by atoms with Gasteiger partial charge in [-0.15, -0.1) is 0 Å². The van der Waals surface area contributed by atoms with Gasteiger partial charge in [0.2, 0.25) is 11.5 Å². The van der Waals surface area contributed by atoms with Crippen LogP contribution in [0.3, 0.4) is 0 Å². The van der Waals surface area contributed by atoms with Crippen LogP contribution in [0.15, 0.2) is 54.6 Å². The molecule has 10 nitrogen and oxygen atoms in total. The molecule has 1 aliphatic heterocycles. The van der Waals surface area contributed by atoms with E-state index in [-0.39, 0.29) is 58.8 Å². The van der Waals surface area contributed by atoms with Crippen LogP contribution in [0.2, 0.25) is 0 Å². The lowest BCUT2D eigenvalue weighted by Crippen LogP contribution is -2.51. The van der Waals surface area contributed by atoms with E-state index < -0.39 is 58.6 Å². The second-order valence-corrected chi connectivity index (χ2v) is 12.2. The zero-order valence-electron chi connectivity index (χ0n) is 25.5. The van der Waals surface area contributed by atoms with Gasteiger partial charge in [0.15, 0.2) is 5.67 Å². The molecule has 1 aliphatic carbocycles. The number of fused-ring (bicyclic) bond motifs is 2. The van der Waals surface area contributed by atoms with Crippen molar-refractivity contribution in [2.45, 2.75) is 49.6 Å². The van der Waals surface area contributed by atoms with Gasteiger partial charge in [-0.25, -0.2) is 13.8 Å². The summed E-state index contributed by atoms with van der Waals surface area (Å²) in [6.07, 6.45) is -5.40. The number of carbonyl (C=O) groups is 3. The number of hydrogen-bond donors (Lipinski definition) is 4. The monoisotopic (exact) mass is 669 g/mol. The number of aliphatic hydroxyl groups is 1. The number of aryl methyl sites for hydroxylation is 1. The van der Waals surface area contributed by atoms with Gasteiger partial charge in [0.05, 0.1) is 23.4 Å². The number of pyridine rings is 2. The van der Waals surface area contributed by atoms with E-state index in [1.807, 2.05) is 0 Å². The molecule has 0 saturated heterocycles. The molecule has 2 atom stereocenters. The number of ether oxygens (including phenoxy) is 1. The number of carbonyl (C=O) groups excluding carboxylic acids is 3. The number of hydrogen-bond acceptors (Lipinski definition) is 7. The first-order chi connectivity index (χ1) is 22.4. The molecule has 1 fully saturated rings. The summed E-state index contributed by atoms with van der Waals surface area (Å²) in [5.74, 6) is -3.65. The molecular formula is C33H28F5N5O5. The van der Waals surface area contributed by atoms with Gasteiger partial charge in [-0.2, -0.15) is 13.2 Å². The van der Waals surface area contributed by atoms with Crippen LogP contribution in [0.5, 0.6) is 5.75 Å². The zero-order valence-corrected chi connectivity index (χ0v) is 25.5. The topological polar surface area (TPSA) is 157 Å². The minimum atomic E-state index is -5.44. The second-order valence-electron chi connectivity index (χ2n) is 12.2. The van der Waals surface area contributed by atoms with Crippen LogP contribution in [-0.4, -0.2) is 57.8 Å². The molecule has 3 amide bonds. The quantitative estimate of drug-likeness (QED) is 0.201. The predicted molar refractivity (Wildman–Crippen MR) is 162 cm³/mol. The van der Waals surface area contributed by atoms with E-state index in [2.05, 4.69) is 20.6 Å². The third kappa shape index (κ3) is 5.57. The first-order valence-corrected chi connectivity index (χ1v) is 14.7. The molecule has 1 saturated carbocycles. The van der Waals surface area contributed by atoms with E-state index in [1.165, 1.54) is 25.1 Å². The van der Waals surface area contributed by atoms with E-state index >= 15 is 0 Å². The van der Waals surface area contributed by atoms with Crippen LogP contribution in [0, 0.1) is 12.7 Å². The maximum atomic E-state index is 14.8. The number of nitrogens with zero attached hydrogens (tertiary/aromatic N) is 2. The third-order valence-corrected chi connectivity index (χ3v) is 8.67. The Labute approximate surface area is 269 Å². The van der Waals surface area contributed by atoms with Crippen molar-refractivity contribution in [3.05, 3.63) is 82.9 Å². The van der Waals surface area contributed by atoms with Gasteiger partial charge in [-0.1, -0.05) is 6.07 Å². The van der Waals surface area contributed by atoms with E-state index in [0.29, 0.717) is 11.1 Å². The summed E-state index contributed by atoms with van der Waals surface area (Å²) in [6, 6.07) is 11.1. The lowest BCUT2D eigenvalue weighted by molar-refractivity contribution is -0.265. The van der Waals surface area contributed by atoms with Crippen molar-refractivity contribution in [1.82, 2.24) is 15.3 Å². The molecule has 0 bridgehead atoms. The normalized spacial score (nSPS) is 19.2. The molecule has 2 aromatic carbocycles. The molecular weight excluding hydrogens is 641 g/mol. The highest BCUT2D eigenvalue weighted by atomic mass is 19.4. The Morgan fingerprint density at radius 3 is 2.35 bits per heavy atom. The van der Waals surface area contributed by atoms with Crippen molar-refractivity contribution < 1.29 is 46.2 Å². The van der Waals surface area contributed by atoms with Gasteiger partial charge in [-0.05, 0) is 75.2 Å². The minimum absolute atomic E-state index is 0.0176. The minimum Gasteiger partial charge on any atom is -0.489 e. The standard InChI is InChI=1S/C33H28F5N5O5/c1-16-3-4-18-11-19(12-22(24(18)41-16)42-29(46)31(35)9-10-31)27(44)40-14-32(47,33(36,37)38)23-13-21-26(48-15-30(21,2)28(39)45)25(43-23)17-5-7-20(34)8-6-17/h3-8,11-13,47H,9-10,14-15H2,1-2H3,(H2,39,45)(H,40,44)(H,42,46)/t30-,32?/m0/s1. The van der Waals surface area contributed by atoms with Crippen molar-refractivity contribution in [1.29, 1.82) is 0 Å². The summed E-state index contributed by atoms with van der Waals surface area (Å²) in [6.45, 7) is 1.25. The fourth-order valence-electron chi connectivity index (χ4n) is 5.38. The molecule has 6 rings (SSSR count). The summed E-state index contributed by atoms with van der Waals surface area (Å²) >= 11 is 0. The number of primary amides is 1. The number of aromatic nitrogens is 2.